The number of aryl methyl sites for hydroxylation is 1. The summed E-state index contributed by atoms with van der Waals surface area (Å²) in [7, 11) is 1.70. The van der Waals surface area contributed by atoms with Crippen LogP contribution in [0, 0.1) is 6.92 Å². The van der Waals surface area contributed by atoms with Gasteiger partial charge in [0.1, 0.15) is 5.75 Å². The van der Waals surface area contributed by atoms with Crippen molar-refractivity contribution in [1.82, 2.24) is 4.90 Å². The highest BCUT2D eigenvalue weighted by molar-refractivity contribution is 6.04. The first-order valence-electron chi connectivity index (χ1n) is 13.7. The summed E-state index contributed by atoms with van der Waals surface area (Å²) in [6.45, 7) is 6.68. The van der Waals surface area contributed by atoms with E-state index in [9.17, 15) is 9.59 Å². The second kappa shape index (κ2) is 12.1. The van der Waals surface area contributed by atoms with Crippen molar-refractivity contribution in [3.8, 4) is 5.75 Å². The normalized spacial score (nSPS) is 15.6. The number of nitrogens with zero attached hydrogens (tertiary/aromatic N) is 3. The Hall–Kier alpha value is -4.20. The zero-order valence-corrected chi connectivity index (χ0v) is 22.8. The van der Waals surface area contributed by atoms with Gasteiger partial charge in [0.25, 0.3) is 5.91 Å². The van der Waals surface area contributed by atoms with Crippen molar-refractivity contribution < 1.29 is 14.3 Å². The second-order valence-corrected chi connectivity index (χ2v) is 10.1. The van der Waals surface area contributed by atoms with Gasteiger partial charge in [0.15, 0.2) is 0 Å². The van der Waals surface area contributed by atoms with E-state index in [0.717, 1.165) is 86.9 Å². The van der Waals surface area contributed by atoms with E-state index in [-0.39, 0.29) is 11.9 Å². The van der Waals surface area contributed by atoms with Crippen LogP contribution >= 0.6 is 0 Å². The quantitative estimate of drug-likeness (QED) is 0.436. The Kier molecular flexibility index (Phi) is 8.20. The van der Waals surface area contributed by atoms with Gasteiger partial charge in [0, 0.05) is 56.3 Å². The maximum absolute atomic E-state index is 13.8. The summed E-state index contributed by atoms with van der Waals surface area (Å²) in [6, 6.07) is 21.1. The first-order valence-corrected chi connectivity index (χ1v) is 13.7. The number of hydrogen-bond donors (Lipinski definition) is 2. The van der Waals surface area contributed by atoms with E-state index in [2.05, 4.69) is 26.5 Å². The van der Waals surface area contributed by atoms with Crippen LogP contribution in [0.4, 0.5) is 27.5 Å². The smallest absolute Gasteiger partial charge is 0.323 e. The van der Waals surface area contributed by atoms with Crippen molar-refractivity contribution >= 4 is 34.7 Å². The van der Waals surface area contributed by atoms with E-state index in [4.69, 9.17) is 4.74 Å². The number of methoxy groups -OCH3 is 1. The molecule has 3 aromatic rings. The Balaban J connectivity index is 1.35. The lowest BCUT2D eigenvalue weighted by atomic mass is 10.1. The zero-order valence-electron chi connectivity index (χ0n) is 22.8. The molecule has 0 spiro atoms. The van der Waals surface area contributed by atoms with Crippen molar-refractivity contribution in [1.29, 1.82) is 0 Å². The van der Waals surface area contributed by atoms with Crippen molar-refractivity contribution in [2.75, 3.05) is 66.8 Å². The van der Waals surface area contributed by atoms with Crippen molar-refractivity contribution in [2.45, 2.75) is 26.2 Å². The number of rotatable bonds is 6. The number of piperidine rings is 1. The average molecular weight is 528 g/mol. The Labute approximate surface area is 230 Å². The number of carbonyl (C=O) groups excluding carboxylic acids is 2. The molecule has 0 radical (unpaired) electrons. The molecule has 8 heteroatoms. The molecule has 0 atom stereocenters. The minimum Gasteiger partial charge on any atom is -0.495 e. The number of urea groups is 1. The molecule has 0 aliphatic carbocycles. The highest BCUT2D eigenvalue weighted by Gasteiger charge is 2.26. The van der Waals surface area contributed by atoms with Crippen LogP contribution in [0.3, 0.4) is 0 Å². The predicted molar refractivity (Wildman–Crippen MR) is 157 cm³/mol. The van der Waals surface area contributed by atoms with Gasteiger partial charge in [-0.2, -0.15) is 0 Å². The maximum Gasteiger partial charge on any atom is 0.323 e. The van der Waals surface area contributed by atoms with E-state index in [1.54, 1.807) is 7.11 Å². The van der Waals surface area contributed by atoms with E-state index in [1.165, 1.54) is 0 Å². The Morgan fingerprint density at radius 2 is 1.41 bits per heavy atom. The summed E-state index contributed by atoms with van der Waals surface area (Å²) >= 11 is 0. The van der Waals surface area contributed by atoms with E-state index < -0.39 is 0 Å². The van der Waals surface area contributed by atoms with Crippen LogP contribution in [-0.2, 0) is 0 Å². The average Bonchev–Trinajstić information content (AvgIpc) is 2.98. The van der Waals surface area contributed by atoms with E-state index in [1.807, 2.05) is 72.5 Å². The second-order valence-electron chi connectivity index (χ2n) is 10.1. The number of ether oxygens (including phenoxy) is 1. The monoisotopic (exact) mass is 527 g/mol. The highest BCUT2D eigenvalue weighted by atomic mass is 16.5. The molecule has 204 valence electrons. The standard InChI is InChI=1S/C31H37N5O3/c1-23-10-4-5-11-26(23)33-31(38)32-24-14-15-27(25(22-24)30(37)36-16-8-3-9-17-36)34-18-20-35(21-19-34)28-12-6-7-13-29(28)39-2/h4-7,10-15,22H,3,8-9,16-21H2,1-2H3,(H2,32,33,38). The highest BCUT2D eigenvalue weighted by Crippen LogP contribution is 2.32. The minimum atomic E-state index is -0.334. The van der Waals surface area contributed by atoms with Gasteiger partial charge >= 0.3 is 6.03 Å². The molecule has 3 aromatic carbocycles. The van der Waals surface area contributed by atoms with Crippen molar-refractivity contribution in [3.63, 3.8) is 0 Å². The number of benzene rings is 3. The number of likely N-dealkylation sites (tertiary alicyclic amines) is 1. The van der Waals surface area contributed by atoms with Crippen molar-refractivity contribution in [2.24, 2.45) is 0 Å². The molecule has 2 N–H and O–H groups in total. The van der Waals surface area contributed by atoms with Gasteiger partial charge in [0.2, 0.25) is 0 Å². The van der Waals surface area contributed by atoms with Crippen LogP contribution in [0.15, 0.2) is 66.7 Å². The van der Waals surface area contributed by atoms with Gasteiger partial charge in [-0.3, -0.25) is 4.79 Å². The maximum atomic E-state index is 13.8. The minimum absolute atomic E-state index is 0.0276. The summed E-state index contributed by atoms with van der Waals surface area (Å²) in [4.78, 5) is 33.1. The third-order valence-corrected chi connectivity index (χ3v) is 7.57. The predicted octanol–water partition coefficient (Wildman–Crippen LogP) is 5.60. The summed E-state index contributed by atoms with van der Waals surface area (Å²) < 4.78 is 5.57. The van der Waals surface area contributed by atoms with Gasteiger partial charge < -0.3 is 30.1 Å². The van der Waals surface area contributed by atoms with Crippen molar-refractivity contribution in [3.05, 3.63) is 77.9 Å². The van der Waals surface area contributed by atoms with Gasteiger partial charge in [-0.05, 0) is 68.1 Å². The van der Waals surface area contributed by atoms with E-state index >= 15 is 0 Å². The first-order chi connectivity index (χ1) is 19.0. The Morgan fingerprint density at radius 3 is 2.13 bits per heavy atom. The summed E-state index contributed by atoms with van der Waals surface area (Å²) in [6.07, 6.45) is 3.20. The fourth-order valence-electron chi connectivity index (χ4n) is 5.41. The lowest BCUT2D eigenvalue weighted by molar-refractivity contribution is 0.0725. The molecule has 2 aliphatic heterocycles. The molecule has 2 fully saturated rings. The lowest BCUT2D eigenvalue weighted by Crippen LogP contribution is -2.47. The van der Waals surface area contributed by atoms with Gasteiger partial charge in [-0.25, -0.2) is 4.79 Å². The number of amides is 3. The molecule has 2 aliphatic rings. The number of hydrogen-bond acceptors (Lipinski definition) is 5. The molecule has 2 heterocycles. The zero-order chi connectivity index (χ0) is 27.2. The third kappa shape index (κ3) is 6.11. The van der Waals surface area contributed by atoms with Crippen LogP contribution in [0.25, 0.3) is 0 Å². The van der Waals surface area contributed by atoms with Crippen LogP contribution in [-0.4, -0.2) is 63.2 Å². The summed E-state index contributed by atoms with van der Waals surface area (Å²) in [5.74, 6) is 0.895. The van der Waals surface area contributed by atoms with Crippen LogP contribution < -0.4 is 25.2 Å². The van der Waals surface area contributed by atoms with Gasteiger partial charge in [-0.1, -0.05) is 30.3 Å². The molecule has 0 saturated carbocycles. The molecule has 0 unspecified atom stereocenters. The van der Waals surface area contributed by atoms with Gasteiger partial charge in [0.05, 0.1) is 18.4 Å². The summed E-state index contributed by atoms with van der Waals surface area (Å²) in [5, 5.41) is 5.83. The van der Waals surface area contributed by atoms with Crippen LogP contribution in [0.5, 0.6) is 5.75 Å². The molecular weight excluding hydrogens is 490 g/mol. The third-order valence-electron chi connectivity index (χ3n) is 7.57. The SMILES string of the molecule is COc1ccccc1N1CCN(c2ccc(NC(=O)Nc3ccccc3C)cc2C(=O)N2CCCCC2)CC1. The number of nitrogens with one attached hydrogen (secondary N) is 2. The molecule has 3 amide bonds. The molecule has 0 aromatic heterocycles. The topological polar surface area (TPSA) is 77.1 Å². The largest absolute Gasteiger partial charge is 0.495 e. The molecule has 2 saturated heterocycles. The summed E-state index contributed by atoms with van der Waals surface area (Å²) in [5.41, 5.74) is 4.97. The first kappa shape index (κ1) is 26.4. The number of para-hydroxylation sites is 3. The fourth-order valence-corrected chi connectivity index (χ4v) is 5.41. The number of anilines is 4. The molecule has 0 bridgehead atoms. The van der Waals surface area contributed by atoms with Gasteiger partial charge in [-0.15, -0.1) is 0 Å². The Bertz CT molecular complexity index is 1310. The Morgan fingerprint density at radius 1 is 0.744 bits per heavy atom. The number of piperazine rings is 1. The molecular formula is C31H37N5O3. The van der Waals surface area contributed by atoms with Crippen LogP contribution in [0.2, 0.25) is 0 Å². The molecule has 5 rings (SSSR count). The fraction of sp³-hybridized carbons (Fsp3) is 0.355. The van der Waals surface area contributed by atoms with E-state index in [0.29, 0.717) is 11.3 Å². The lowest BCUT2D eigenvalue weighted by Gasteiger charge is -2.39. The molecule has 39 heavy (non-hydrogen) atoms. The molecule has 8 nitrogen and oxygen atoms in total. The number of carbonyl (C=O) groups is 2. The van der Waals surface area contributed by atoms with Crippen LogP contribution in [0.1, 0.15) is 35.2 Å².